The molecule has 0 saturated carbocycles. The molecule has 3 atom stereocenters. The van der Waals surface area contributed by atoms with Crippen LogP contribution in [0, 0.1) is 0 Å². The second kappa shape index (κ2) is 6.89. The van der Waals surface area contributed by atoms with Crippen molar-refractivity contribution >= 4 is 10.8 Å². The monoisotopic (exact) mass is 255 g/mol. The van der Waals surface area contributed by atoms with Crippen molar-refractivity contribution in [1.82, 2.24) is 5.32 Å². The highest BCUT2D eigenvalue weighted by Gasteiger charge is 2.05. The molecule has 4 heteroatoms. The van der Waals surface area contributed by atoms with Crippen LogP contribution in [0.4, 0.5) is 0 Å². The average molecular weight is 255 g/mol. The minimum atomic E-state index is -0.915. The predicted octanol–water partition coefficient (Wildman–Crippen LogP) is 1.85. The summed E-state index contributed by atoms with van der Waals surface area (Å²) in [5.41, 5.74) is 1.17. The Morgan fingerprint density at radius 3 is 2.35 bits per heavy atom. The summed E-state index contributed by atoms with van der Waals surface area (Å²) >= 11 is 0. The fourth-order valence-corrected chi connectivity index (χ4v) is 2.09. The molecule has 0 heterocycles. The van der Waals surface area contributed by atoms with Crippen molar-refractivity contribution in [1.29, 1.82) is 0 Å². The van der Waals surface area contributed by atoms with E-state index in [1.54, 1.807) is 13.2 Å². The van der Waals surface area contributed by atoms with Gasteiger partial charge in [0.15, 0.2) is 0 Å². The molecule has 0 aromatic heterocycles. The van der Waals surface area contributed by atoms with Gasteiger partial charge < -0.3 is 10.4 Å². The first kappa shape index (κ1) is 14.4. The van der Waals surface area contributed by atoms with E-state index < -0.39 is 10.8 Å². The summed E-state index contributed by atoms with van der Waals surface area (Å²) in [5, 5.41) is 12.5. The maximum Gasteiger partial charge on any atom is 0.0524 e. The predicted molar refractivity (Wildman–Crippen MR) is 71.5 cm³/mol. The molecule has 0 radical (unpaired) electrons. The van der Waals surface area contributed by atoms with Gasteiger partial charge in [0.05, 0.1) is 6.10 Å². The molecule has 0 aliphatic rings. The van der Waals surface area contributed by atoms with E-state index in [9.17, 15) is 4.21 Å². The van der Waals surface area contributed by atoms with Crippen LogP contribution in [0.3, 0.4) is 0 Å². The largest absolute Gasteiger partial charge is 0.393 e. The van der Waals surface area contributed by atoms with Crippen molar-refractivity contribution in [2.75, 3.05) is 12.8 Å². The quantitative estimate of drug-likeness (QED) is 0.815. The smallest absolute Gasteiger partial charge is 0.0524 e. The van der Waals surface area contributed by atoms with Crippen LogP contribution >= 0.6 is 0 Å². The fraction of sp³-hybridized carbons (Fsp3) is 0.538. The van der Waals surface area contributed by atoms with Gasteiger partial charge in [0.2, 0.25) is 0 Å². The summed E-state index contributed by atoms with van der Waals surface area (Å²) in [7, 11) is -0.915. The highest BCUT2D eigenvalue weighted by Crippen LogP contribution is 2.14. The van der Waals surface area contributed by atoms with Crippen molar-refractivity contribution < 1.29 is 9.32 Å². The Morgan fingerprint density at radius 2 is 1.88 bits per heavy atom. The SMILES string of the molecule is CC(O)CCNC(C)c1ccc(S(C)=O)cc1. The van der Waals surface area contributed by atoms with Gasteiger partial charge in [0.25, 0.3) is 0 Å². The molecule has 17 heavy (non-hydrogen) atoms. The molecule has 1 aromatic carbocycles. The Bertz CT molecular complexity index is 362. The van der Waals surface area contributed by atoms with E-state index in [2.05, 4.69) is 12.2 Å². The third-order valence-electron chi connectivity index (χ3n) is 2.72. The van der Waals surface area contributed by atoms with E-state index in [1.165, 1.54) is 5.56 Å². The van der Waals surface area contributed by atoms with Gasteiger partial charge in [-0.15, -0.1) is 0 Å². The molecule has 0 aliphatic carbocycles. The number of aliphatic hydroxyl groups excluding tert-OH is 1. The van der Waals surface area contributed by atoms with Crippen LogP contribution in [0.1, 0.15) is 31.9 Å². The van der Waals surface area contributed by atoms with Gasteiger partial charge in [-0.2, -0.15) is 0 Å². The molecule has 0 amide bonds. The standard InChI is InChI=1S/C13H21NO2S/c1-10(15)8-9-14-11(2)12-4-6-13(7-5-12)17(3)16/h4-7,10-11,14-15H,8-9H2,1-3H3. The Labute approximate surface area is 106 Å². The average Bonchev–Trinajstić information content (AvgIpc) is 2.28. The van der Waals surface area contributed by atoms with Crippen molar-refractivity contribution in [3.8, 4) is 0 Å². The minimum Gasteiger partial charge on any atom is -0.393 e. The zero-order valence-corrected chi connectivity index (χ0v) is 11.5. The maximum atomic E-state index is 11.2. The molecule has 1 rings (SSSR count). The number of hydrogen-bond donors (Lipinski definition) is 2. The molecule has 3 nitrogen and oxygen atoms in total. The van der Waals surface area contributed by atoms with Crippen LogP contribution in [0.5, 0.6) is 0 Å². The zero-order valence-electron chi connectivity index (χ0n) is 10.6. The number of benzene rings is 1. The lowest BCUT2D eigenvalue weighted by molar-refractivity contribution is 0.182. The first-order valence-electron chi connectivity index (χ1n) is 5.85. The molecular formula is C13H21NO2S. The Balaban J connectivity index is 2.51. The highest BCUT2D eigenvalue weighted by molar-refractivity contribution is 7.84. The molecule has 96 valence electrons. The molecule has 2 N–H and O–H groups in total. The van der Waals surface area contributed by atoms with Crippen molar-refractivity contribution in [2.24, 2.45) is 0 Å². The summed E-state index contributed by atoms with van der Waals surface area (Å²) in [6.07, 6.45) is 2.17. The lowest BCUT2D eigenvalue weighted by Crippen LogP contribution is -2.22. The van der Waals surface area contributed by atoms with Crippen LogP contribution in [-0.4, -0.2) is 28.2 Å². The normalized spacial score (nSPS) is 16.5. The Kier molecular flexibility index (Phi) is 5.82. The maximum absolute atomic E-state index is 11.2. The summed E-state index contributed by atoms with van der Waals surface area (Å²) in [5.74, 6) is 0. The van der Waals surface area contributed by atoms with E-state index in [1.807, 2.05) is 24.3 Å². The van der Waals surface area contributed by atoms with E-state index in [-0.39, 0.29) is 12.1 Å². The van der Waals surface area contributed by atoms with Crippen molar-refractivity contribution in [3.05, 3.63) is 29.8 Å². The van der Waals surface area contributed by atoms with E-state index >= 15 is 0 Å². The van der Waals surface area contributed by atoms with Gasteiger partial charge >= 0.3 is 0 Å². The molecule has 0 fully saturated rings. The molecule has 1 aromatic rings. The van der Waals surface area contributed by atoms with Crippen molar-refractivity contribution in [2.45, 2.75) is 37.3 Å². The summed E-state index contributed by atoms with van der Waals surface area (Å²) < 4.78 is 11.2. The second-order valence-electron chi connectivity index (χ2n) is 4.34. The second-order valence-corrected chi connectivity index (χ2v) is 5.72. The van der Waals surface area contributed by atoms with E-state index in [0.29, 0.717) is 0 Å². The van der Waals surface area contributed by atoms with E-state index in [4.69, 9.17) is 5.11 Å². The first-order chi connectivity index (χ1) is 8.00. The number of hydrogen-bond acceptors (Lipinski definition) is 3. The molecule has 0 aliphatic heterocycles. The number of nitrogens with one attached hydrogen (secondary N) is 1. The van der Waals surface area contributed by atoms with Gasteiger partial charge in [-0.25, -0.2) is 0 Å². The van der Waals surface area contributed by atoms with Crippen LogP contribution < -0.4 is 5.32 Å². The van der Waals surface area contributed by atoms with Gasteiger partial charge in [0, 0.05) is 28.0 Å². The third kappa shape index (κ3) is 4.98. The topological polar surface area (TPSA) is 49.3 Å². The molecule has 0 spiro atoms. The van der Waals surface area contributed by atoms with E-state index in [0.717, 1.165) is 17.9 Å². The Morgan fingerprint density at radius 1 is 1.29 bits per heavy atom. The molecule has 0 bridgehead atoms. The summed E-state index contributed by atoms with van der Waals surface area (Å²) in [6, 6.07) is 8.04. The van der Waals surface area contributed by atoms with Crippen LogP contribution in [0.25, 0.3) is 0 Å². The van der Waals surface area contributed by atoms with Crippen LogP contribution in [0.15, 0.2) is 29.2 Å². The fourth-order valence-electron chi connectivity index (χ4n) is 1.57. The lowest BCUT2D eigenvalue weighted by Gasteiger charge is -2.15. The van der Waals surface area contributed by atoms with Gasteiger partial charge in [-0.3, -0.25) is 4.21 Å². The zero-order chi connectivity index (χ0) is 12.8. The van der Waals surface area contributed by atoms with Gasteiger partial charge in [-0.1, -0.05) is 12.1 Å². The Hall–Kier alpha value is -0.710. The molecular weight excluding hydrogens is 234 g/mol. The summed E-state index contributed by atoms with van der Waals surface area (Å²) in [6.45, 7) is 4.66. The van der Waals surface area contributed by atoms with Gasteiger partial charge in [0.1, 0.15) is 0 Å². The lowest BCUT2D eigenvalue weighted by atomic mass is 10.1. The van der Waals surface area contributed by atoms with Crippen LogP contribution in [0.2, 0.25) is 0 Å². The third-order valence-corrected chi connectivity index (χ3v) is 3.66. The molecule has 0 saturated heterocycles. The number of aliphatic hydroxyl groups is 1. The number of rotatable bonds is 6. The molecule has 3 unspecified atom stereocenters. The minimum absolute atomic E-state index is 0.244. The summed E-state index contributed by atoms with van der Waals surface area (Å²) in [4.78, 5) is 0.852. The first-order valence-corrected chi connectivity index (χ1v) is 7.41. The van der Waals surface area contributed by atoms with Crippen molar-refractivity contribution in [3.63, 3.8) is 0 Å². The van der Waals surface area contributed by atoms with Crippen LogP contribution in [-0.2, 0) is 10.8 Å². The highest BCUT2D eigenvalue weighted by atomic mass is 32.2. The van der Waals surface area contributed by atoms with Gasteiger partial charge in [-0.05, 0) is 44.5 Å².